The lowest BCUT2D eigenvalue weighted by atomic mass is 10.0. The van der Waals surface area contributed by atoms with Crippen LogP contribution in [0.5, 0.6) is 0 Å². The van der Waals surface area contributed by atoms with Gasteiger partial charge < -0.3 is 10.8 Å². The van der Waals surface area contributed by atoms with Crippen LogP contribution in [0, 0.1) is 5.92 Å². The highest BCUT2D eigenvalue weighted by Gasteiger charge is 2.05. The summed E-state index contributed by atoms with van der Waals surface area (Å²) in [6, 6.07) is 0. The van der Waals surface area contributed by atoms with Gasteiger partial charge in [0.15, 0.2) is 0 Å². The maximum Gasteiger partial charge on any atom is 0.217 e. The number of allylic oxidation sites excluding steroid dienone is 1. The van der Waals surface area contributed by atoms with E-state index >= 15 is 0 Å². The molecule has 0 heterocycles. The summed E-state index contributed by atoms with van der Waals surface area (Å²) in [6.45, 7) is 5.13. The Hall–Kier alpha value is -0.990. The molecule has 3 N–H and O–H groups in total. The Morgan fingerprint density at radius 1 is 1.80 bits per heavy atom. The molecule has 0 rings (SSSR count). The third kappa shape index (κ3) is 3.95. The normalized spacial score (nSPS) is 12.5. The number of carbonyl (C=O) groups is 1. The quantitative estimate of drug-likeness (QED) is 0.576. The van der Waals surface area contributed by atoms with Crippen LogP contribution < -0.4 is 5.73 Å². The second-order valence-electron chi connectivity index (χ2n) is 2.40. The highest BCUT2D eigenvalue weighted by Crippen LogP contribution is 2.10. The summed E-state index contributed by atoms with van der Waals surface area (Å²) in [5, 5.41) is 8.79. The minimum atomic E-state index is -0.340. The van der Waals surface area contributed by atoms with E-state index in [1.165, 1.54) is 0 Å². The van der Waals surface area contributed by atoms with E-state index in [0.29, 0.717) is 12.8 Å². The van der Waals surface area contributed by atoms with Crippen molar-refractivity contribution in [2.24, 2.45) is 11.7 Å². The van der Waals surface area contributed by atoms with Crippen molar-refractivity contribution in [2.45, 2.75) is 19.8 Å². The van der Waals surface area contributed by atoms with Crippen molar-refractivity contribution in [3.05, 3.63) is 12.3 Å². The van der Waals surface area contributed by atoms with Crippen LogP contribution in [0.3, 0.4) is 0 Å². The van der Waals surface area contributed by atoms with Gasteiger partial charge in [0.2, 0.25) is 5.91 Å². The van der Waals surface area contributed by atoms with Crippen molar-refractivity contribution in [3.63, 3.8) is 0 Å². The van der Waals surface area contributed by atoms with Crippen LogP contribution >= 0.6 is 0 Å². The minimum absolute atomic E-state index is 0.0347. The molecule has 1 amide bonds. The summed E-state index contributed by atoms with van der Waals surface area (Å²) in [6.07, 6.45) is 0.880. The number of aliphatic hydroxyl groups excluding tert-OH is 1. The van der Waals surface area contributed by atoms with Crippen molar-refractivity contribution in [2.75, 3.05) is 0 Å². The molecule has 0 radical (unpaired) electrons. The van der Waals surface area contributed by atoms with Crippen LogP contribution in [0.15, 0.2) is 12.3 Å². The number of hydrogen-bond donors (Lipinski definition) is 2. The van der Waals surface area contributed by atoms with Crippen molar-refractivity contribution in [3.8, 4) is 0 Å². The van der Waals surface area contributed by atoms with Gasteiger partial charge in [0.05, 0.1) is 5.76 Å². The highest BCUT2D eigenvalue weighted by molar-refractivity contribution is 5.73. The Morgan fingerprint density at radius 2 is 2.30 bits per heavy atom. The molecule has 0 aromatic rings. The topological polar surface area (TPSA) is 63.3 Å². The molecule has 1 atom stereocenters. The van der Waals surface area contributed by atoms with Crippen molar-refractivity contribution >= 4 is 5.91 Å². The average molecular weight is 143 g/mol. The molecule has 10 heavy (non-hydrogen) atoms. The fourth-order valence-corrected chi connectivity index (χ4v) is 0.525. The smallest absolute Gasteiger partial charge is 0.217 e. The Kier molecular flexibility index (Phi) is 3.54. The molecule has 0 saturated carbocycles. The van der Waals surface area contributed by atoms with Gasteiger partial charge in [-0.05, 0) is 6.42 Å². The maximum absolute atomic E-state index is 10.2. The van der Waals surface area contributed by atoms with E-state index in [-0.39, 0.29) is 17.6 Å². The molecule has 0 aromatic heterocycles. The highest BCUT2D eigenvalue weighted by atomic mass is 16.3. The van der Waals surface area contributed by atoms with Gasteiger partial charge in [0.1, 0.15) is 0 Å². The van der Waals surface area contributed by atoms with Gasteiger partial charge in [-0.2, -0.15) is 0 Å². The first-order valence-electron chi connectivity index (χ1n) is 3.20. The zero-order chi connectivity index (χ0) is 8.15. The van der Waals surface area contributed by atoms with E-state index in [9.17, 15) is 4.79 Å². The van der Waals surface area contributed by atoms with Crippen molar-refractivity contribution in [1.29, 1.82) is 0 Å². The van der Waals surface area contributed by atoms with E-state index in [1.807, 2.05) is 0 Å². The van der Waals surface area contributed by atoms with E-state index in [0.717, 1.165) is 0 Å². The fraction of sp³-hybridized carbons (Fsp3) is 0.571. The summed E-state index contributed by atoms with van der Waals surface area (Å²) < 4.78 is 0. The number of amides is 1. The summed E-state index contributed by atoms with van der Waals surface area (Å²) in [5.41, 5.74) is 4.89. The standard InChI is InChI=1S/C7H13NO2/c1-5(6(2)9)3-4-7(8)10/h5,9H,2-4H2,1H3,(H2,8,10). The zero-order valence-electron chi connectivity index (χ0n) is 6.13. The number of hydrogen-bond acceptors (Lipinski definition) is 2. The average Bonchev–Trinajstić information content (AvgIpc) is 1.82. The number of carbonyl (C=O) groups excluding carboxylic acids is 1. The van der Waals surface area contributed by atoms with Crippen molar-refractivity contribution < 1.29 is 9.90 Å². The first kappa shape index (κ1) is 9.01. The third-order valence-corrected chi connectivity index (χ3v) is 1.39. The van der Waals surface area contributed by atoms with Crippen LogP contribution in [-0.4, -0.2) is 11.0 Å². The first-order valence-corrected chi connectivity index (χ1v) is 3.20. The Morgan fingerprint density at radius 3 is 2.60 bits per heavy atom. The van der Waals surface area contributed by atoms with Crippen molar-refractivity contribution in [1.82, 2.24) is 0 Å². The predicted octanol–water partition coefficient (Wildman–Crippen LogP) is 0.960. The SMILES string of the molecule is C=C(O)C(C)CCC(N)=O. The van der Waals surface area contributed by atoms with Crippen LogP contribution in [0.25, 0.3) is 0 Å². The number of primary amides is 1. The molecule has 0 aliphatic heterocycles. The van der Waals surface area contributed by atoms with Gasteiger partial charge in [-0.15, -0.1) is 0 Å². The maximum atomic E-state index is 10.2. The second kappa shape index (κ2) is 3.93. The molecule has 3 nitrogen and oxygen atoms in total. The van der Waals surface area contributed by atoms with Gasteiger partial charge in [-0.3, -0.25) is 4.79 Å². The van der Waals surface area contributed by atoms with Gasteiger partial charge in [-0.1, -0.05) is 13.5 Å². The largest absolute Gasteiger partial charge is 0.513 e. The van der Waals surface area contributed by atoms with E-state index in [2.05, 4.69) is 6.58 Å². The van der Waals surface area contributed by atoms with Crippen LogP contribution in [0.1, 0.15) is 19.8 Å². The Balaban J connectivity index is 3.49. The number of aliphatic hydroxyl groups is 1. The van der Waals surface area contributed by atoms with Gasteiger partial charge >= 0.3 is 0 Å². The molecule has 58 valence electrons. The summed E-state index contributed by atoms with van der Waals surface area (Å²) >= 11 is 0. The van der Waals surface area contributed by atoms with Crippen LogP contribution in [0.4, 0.5) is 0 Å². The molecule has 0 saturated heterocycles. The number of rotatable bonds is 4. The molecule has 0 spiro atoms. The summed E-state index contributed by atoms with van der Waals surface area (Å²) in [4.78, 5) is 10.2. The molecule has 0 aromatic carbocycles. The van der Waals surface area contributed by atoms with E-state index in [4.69, 9.17) is 10.8 Å². The second-order valence-corrected chi connectivity index (χ2v) is 2.40. The van der Waals surface area contributed by atoms with Gasteiger partial charge in [-0.25, -0.2) is 0 Å². The van der Waals surface area contributed by atoms with E-state index in [1.54, 1.807) is 6.92 Å². The van der Waals surface area contributed by atoms with Crippen LogP contribution in [-0.2, 0) is 4.79 Å². The van der Waals surface area contributed by atoms with Gasteiger partial charge in [0, 0.05) is 12.3 Å². The minimum Gasteiger partial charge on any atom is -0.513 e. The molecular weight excluding hydrogens is 130 g/mol. The Labute approximate surface area is 60.5 Å². The third-order valence-electron chi connectivity index (χ3n) is 1.39. The zero-order valence-corrected chi connectivity index (χ0v) is 6.13. The molecular formula is C7H13NO2. The molecule has 0 aliphatic carbocycles. The van der Waals surface area contributed by atoms with Crippen LogP contribution in [0.2, 0.25) is 0 Å². The fourth-order valence-electron chi connectivity index (χ4n) is 0.525. The molecule has 1 unspecified atom stereocenters. The Bertz CT molecular complexity index is 143. The number of nitrogens with two attached hydrogens (primary N) is 1. The van der Waals surface area contributed by atoms with E-state index < -0.39 is 0 Å². The predicted molar refractivity (Wildman–Crippen MR) is 39.4 cm³/mol. The monoisotopic (exact) mass is 143 g/mol. The lowest BCUT2D eigenvalue weighted by Crippen LogP contribution is -2.12. The lowest BCUT2D eigenvalue weighted by molar-refractivity contribution is -0.118. The molecule has 0 fully saturated rings. The van der Waals surface area contributed by atoms with Gasteiger partial charge in [0.25, 0.3) is 0 Å². The summed E-state index contributed by atoms with van der Waals surface area (Å²) in [7, 11) is 0. The molecule has 0 bridgehead atoms. The first-order chi connectivity index (χ1) is 4.54. The summed E-state index contributed by atoms with van der Waals surface area (Å²) in [5.74, 6) is -0.262. The molecule has 0 aliphatic rings. The molecule has 3 heteroatoms. The lowest BCUT2D eigenvalue weighted by Gasteiger charge is -2.06.